The Kier molecular flexibility index (Phi) is 6.38. The fourth-order valence-electron chi connectivity index (χ4n) is 3.38. The Bertz CT molecular complexity index is 1180. The first-order valence-corrected chi connectivity index (χ1v) is 11.8. The molecule has 0 saturated heterocycles. The molecule has 1 aliphatic heterocycles. The molecule has 2 heterocycles. The summed E-state index contributed by atoms with van der Waals surface area (Å²) < 4.78 is 6.91. The summed E-state index contributed by atoms with van der Waals surface area (Å²) in [7, 11) is 1.56. The van der Waals surface area contributed by atoms with Crippen LogP contribution in [0.3, 0.4) is 0 Å². The first-order valence-electron chi connectivity index (χ1n) is 9.91. The fourth-order valence-corrected chi connectivity index (χ4v) is 5.31. The molecule has 1 unspecified atom stereocenters. The van der Waals surface area contributed by atoms with Gasteiger partial charge >= 0.3 is 0 Å². The highest BCUT2D eigenvalue weighted by molar-refractivity contribution is 8.00. The van der Waals surface area contributed by atoms with Crippen LogP contribution in [0.15, 0.2) is 63.4 Å². The highest BCUT2D eigenvalue weighted by Crippen LogP contribution is 2.35. The smallest absolute Gasteiger partial charge is 0.272 e. The van der Waals surface area contributed by atoms with E-state index in [0.29, 0.717) is 26.7 Å². The quantitative estimate of drug-likeness (QED) is 0.443. The molecule has 2 aromatic carbocycles. The summed E-state index contributed by atoms with van der Waals surface area (Å²) in [5.41, 5.74) is 3.21. The van der Waals surface area contributed by atoms with Crippen molar-refractivity contribution in [3.63, 3.8) is 0 Å². The van der Waals surface area contributed by atoms with Gasteiger partial charge in [0.05, 0.1) is 34.8 Å². The minimum Gasteiger partial charge on any atom is -0.495 e. The summed E-state index contributed by atoms with van der Waals surface area (Å²) in [6.07, 6.45) is 0.755. The predicted molar refractivity (Wildman–Crippen MR) is 126 cm³/mol. The molecule has 3 aromatic rings. The minimum atomic E-state index is -0.192. The number of hydrogen-bond donors (Lipinski definition) is 1. The monoisotopic (exact) mass is 453 g/mol. The SMILES string of the molecule is COc1ccccc1NC(=O)CSc1nc2c(c(=O)n1-c1ccc(C)cc1)SC(C)C2. The van der Waals surface area contributed by atoms with Crippen LogP contribution < -0.4 is 15.6 Å². The van der Waals surface area contributed by atoms with Gasteiger partial charge in [0, 0.05) is 11.7 Å². The zero-order valence-corrected chi connectivity index (χ0v) is 19.2. The van der Waals surface area contributed by atoms with Gasteiger partial charge in [0.15, 0.2) is 5.16 Å². The highest BCUT2D eigenvalue weighted by atomic mass is 32.2. The number of nitrogens with zero attached hydrogens (tertiary/aromatic N) is 2. The van der Waals surface area contributed by atoms with Crippen molar-refractivity contribution in [2.75, 3.05) is 18.2 Å². The maximum atomic E-state index is 13.3. The van der Waals surface area contributed by atoms with Crippen molar-refractivity contribution in [1.29, 1.82) is 0 Å². The van der Waals surface area contributed by atoms with Crippen molar-refractivity contribution in [1.82, 2.24) is 9.55 Å². The number of methoxy groups -OCH3 is 1. The van der Waals surface area contributed by atoms with Gasteiger partial charge in [-0.25, -0.2) is 4.98 Å². The van der Waals surface area contributed by atoms with Crippen LogP contribution in [0.1, 0.15) is 18.2 Å². The van der Waals surface area contributed by atoms with Crippen LogP contribution in [-0.4, -0.2) is 33.6 Å². The number of benzene rings is 2. The zero-order valence-electron chi connectivity index (χ0n) is 17.5. The molecule has 0 aliphatic carbocycles. The lowest BCUT2D eigenvalue weighted by Gasteiger charge is -2.14. The molecule has 1 amide bonds. The third kappa shape index (κ3) is 4.65. The summed E-state index contributed by atoms with van der Waals surface area (Å²) in [5.74, 6) is 0.527. The highest BCUT2D eigenvalue weighted by Gasteiger charge is 2.27. The van der Waals surface area contributed by atoms with Gasteiger partial charge in [-0.2, -0.15) is 0 Å². The number of fused-ring (bicyclic) bond motifs is 1. The van der Waals surface area contributed by atoms with Crippen LogP contribution in [0, 0.1) is 6.92 Å². The zero-order chi connectivity index (χ0) is 22.0. The Labute approximate surface area is 189 Å². The summed E-state index contributed by atoms with van der Waals surface area (Å²) in [6.45, 7) is 4.10. The molecule has 1 aliphatic rings. The molecule has 0 bridgehead atoms. The Morgan fingerprint density at radius 1 is 1.26 bits per heavy atom. The van der Waals surface area contributed by atoms with Crippen LogP contribution in [0.25, 0.3) is 5.69 Å². The number of carbonyl (C=O) groups excluding carboxylic acids is 1. The molecule has 4 rings (SSSR count). The van der Waals surface area contributed by atoms with Gasteiger partial charge in [-0.3, -0.25) is 14.2 Å². The van der Waals surface area contributed by atoms with E-state index < -0.39 is 0 Å². The molecule has 0 spiro atoms. The third-order valence-electron chi connectivity index (χ3n) is 4.89. The molecule has 0 saturated carbocycles. The van der Waals surface area contributed by atoms with E-state index in [9.17, 15) is 9.59 Å². The first kappa shape index (κ1) is 21.5. The number of thioether (sulfide) groups is 2. The van der Waals surface area contributed by atoms with E-state index in [0.717, 1.165) is 23.4 Å². The Balaban J connectivity index is 1.62. The van der Waals surface area contributed by atoms with Crippen molar-refractivity contribution in [3.05, 3.63) is 70.1 Å². The lowest BCUT2D eigenvalue weighted by molar-refractivity contribution is -0.113. The molecule has 0 radical (unpaired) electrons. The predicted octanol–water partition coefficient (Wildman–Crippen LogP) is 4.32. The van der Waals surface area contributed by atoms with Gasteiger partial charge in [0.1, 0.15) is 5.75 Å². The summed E-state index contributed by atoms with van der Waals surface area (Å²) >= 11 is 2.83. The third-order valence-corrected chi connectivity index (χ3v) is 7.04. The van der Waals surface area contributed by atoms with E-state index in [1.165, 1.54) is 11.8 Å². The van der Waals surface area contributed by atoms with E-state index in [2.05, 4.69) is 12.2 Å². The average Bonchev–Trinajstić information content (AvgIpc) is 3.14. The van der Waals surface area contributed by atoms with Crippen molar-refractivity contribution in [2.24, 2.45) is 0 Å². The number of anilines is 1. The van der Waals surface area contributed by atoms with E-state index in [-0.39, 0.29) is 17.2 Å². The van der Waals surface area contributed by atoms with Gasteiger partial charge < -0.3 is 10.1 Å². The number of carbonyl (C=O) groups is 1. The van der Waals surface area contributed by atoms with Gasteiger partial charge in [0.2, 0.25) is 5.91 Å². The molecule has 160 valence electrons. The second kappa shape index (κ2) is 9.20. The Hall–Kier alpha value is -2.71. The molecular weight excluding hydrogens is 430 g/mol. The second-order valence-electron chi connectivity index (χ2n) is 7.32. The van der Waals surface area contributed by atoms with Gasteiger partial charge in [0.25, 0.3) is 5.56 Å². The number of rotatable bonds is 6. The molecule has 1 atom stereocenters. The lowest BCUT2D eigenvalue weighted by atomic mass is 10.2. The minimum absolute atomic E-state index is 0.0733. The fraction of sp³-hybridized carbons (Fsp3) is 0.261. The number of aromatic nitrogens is 2. The lowest BCUT2D eigenvalue weighted by Crippen LogP contribution is -2.24. The van der Waals surface area contributed by atoms with Crippen LogP contribution in [-0.2, 0) is 11.2 Å². The summed E-state index contributed by atoms with van der Waals surface area (Å²) in [6, 6.07) is 15.0. The molecule has 1 N–H and O–H groups in total. The number of ether oxygens (including phenoxy) is 1. The van der Waals surface area contributed by atoms with Gasteiger partial charge in [-0.05, 0) is 31.2 Å². The maximum Gasteiger partial charge on any atom is 0.272 e. The normalized spacial score (nSPS) is 14.9. The van der Waals surface area contributed by atoms with Gasteiger partial charge in [-0.1, -0.05) is 48.5 Å². The Morgan fingerprint density at radius 3 is 2.74 bits per heavy atom. The number of amides is 1. The van der Waals surface area contributed by atoms with Crippen LogP contribution in [0.4, 0.5) is 5.69 Å². The maximum absolute atomic E-state index is 13.3. The van der Waals surface area contributed by atoms with E-state index in [1.807, 2.05) is 43.3 Å². The molecular formula is C23H23N3O3S2. The van der Waals surface area contributed by atoms with Crippen LogP contribution in [0.5, 0.6) is 5.75 Å². The number of para-hydroxylation sites is 2. The second-order valence-corrected chi connectivity index (χ2v) is 9.71. The Morgan fingerprint density at radius 2 is 2.00 bits per heavy atom. The van der Waals surface area contributed by atoms with Crippen LogP contribution >= 0.6 is 23.5 Å². The van der Waals surface area contributed by atoms with E-state index in [4.69, 9.17) is 9.72 Å². The standard InChI is InChI=1S/C23H23N3O3S2/c1-14-8-10-16(11-9-14)26-22(28)21-18(12-15(2)31-21)25-23(26)30-13-20(27)24-17-6-4-5-7-19(17)29-3/h4-11,15H,12-13H2,1-3H3,(H,24,27). The number of aryl methyl sites for hydroxylation is 1. The first-order chi connectivity index (χ1) is 15.0. The summed E-state index contributed by atoms with van der Waals surface area (Å²) in [5, 5.41) is 3.71. The molecule has 1 aromatic heterocycles. The van der Waals surface area contributed by atoms with Crippen LogP contribution in [0.2, 0.25) is 0 Å². The number of nitrogens with one attached hydrogen (secondary N) is 1. The van der Waals surface area contributed by atoms with Crippen molar-refractivity contribution in [3.8, 4) is 11.4 Å². The van der Waals surface area contributed by atoms with Crippen molar-refractivity contribution >= 4 is 35.1 Å². The van der Waals surface area contributed by atoms with E-state index in [1.54, 1.807) is 35.6 Å². The number of hydrogen-bond acceptors (Lipinski definition) is 6. The average molecular weight is 454 g/mol. The molecule has 6 nitrogen and oxygen atoms in total. The molecule has 0 fully saturated rings. The molecule has 31 heavy (non-hydrogen) atoms. The molecule has 8 heteroatoms. The van der Waals surface area contributed by atoms with E-state index >= 15 is 0 Å². The largest absolute Gasteiger partial charge is 0.495 e. The van der Waals surface area contributed by atoms with Crippen molar-refractivity contribution < 1.29 is 9.53 Å². The topological polar surface area (TPSA) is 73.2 Å². The summed E-state index contributed by atoms with van der Waals surface area (Å²) in [4.78, 5) is 31.4. The van der Waals surface area contributed by atoms with Crippen molar-refractivity contribution in [2.45, 2.75) is 35.6 Å². The van der Waals surface area contributed by atoms with Gasteiger partial charge in [-0.15, -0.1) is 11.8 Å².